The van der Waals surface area contributed by atoms with Gasteiger partial charge in [0.05, 0.1) is 13.2 Å². The van der Waals surface area contributed by atoms with Gasteiger partial charge in [0.15, 0.2) is 0 Å². The first-order valence-electron chi connectivity index (χ1n) is 7.99. The first kappa shape index (κ1) is 20.2. The highest BCUT2D eigenvalue weighted by Crippen LogP contribution is 2.13. The van der Waals surface area contributed by atoms with E-state index in [1.807, 2.05) is 0 Å². The van der Waals surface area contributed by atoms with Crippen molar-refractivity contribution in [2.75, 3.05) is 11.9 Å². The van der Waals surface area contributed by atoms with Gasteiger partial charge in [-0.05, 0) is 38.1 Å². The van der Waals surface area contributed by atoms with Crippen LogP contribution in [0.5, 0.6) is 0 Å². The molecule has 3 N–H and O–H groups in total. The van der Waals surface area contributed by atoms with Crippen LogP contribution in [-0.4, -0.2) is 40.8 Å². The van der Waals surface area contributed by atoms with Crippen LogP contribution < -0.4 is 16.0 Å². The van der Waals surface area contributed by atoms with Gasteiger partial charge in [0, 0.05) is 5.69 Å². The van der Waals surface area contributed by atoms with Crippen molar-refractivity contribution < 1.29 is 23.5 Å². The molecule has 1 aromatic carbocycles. The van der Waals surface area contributed by atoms with Gasteiger partial charge in [-0.1, -0.05) is 11.3 Å². The van der Waals surface area contributed by atoms with Crippen LogP contribution in [-0.2, 0) is 16.1 Å². The van der Waals surface area contributed by atoms with Crippen LogP contribution in [0.3, 0.4) is 0 Å². The molecule has 0 saturated heterocycles. The standard InChI is InChI=1S/C16H18FN5O4S/c1-3-26-15(24)9(2)19-16(25)18-8-12-21-22-14(27-12)13(23)20-11-6-4-10(17)5-7-11/h4-7,9H,3,8H2,1-2H3,(H,20,23)(H2,18,19,25)/t9-/m0/s1. The van der Waals surface area contributed by atoms with Crippen molar-refractivity contribution in [1.82, 2.24) is 20.8 Å². The lowest BCUT2D eigenvalue weighted by Crippen LogP contribution is -2.44. The van der Waals surface area contributed by atoms with Gasteiger partial charge in [0.2, 0.25) is 5.01 Å². The number of halogens is 1. The van der Waals surface area contributed by atoms with E-state index >= 15 is 0 Å². The number of hydrogen-bond acceptors (Lipinski definition) is 7. The fraction of sp³-hybridized carbons (Fsp3) is 0.312. The van der Waals surface area contributed by atoms with Crippen molar-refractivity contribution in [3.05, 3.63) is 40.1 Å². The summed E-state index contributed by atoms with van der Waals surface area (Å²) < 4.78 is 17.6. The number of carbonyl (C=O) groups excluding carboxylic acids is 3. The predicted molar refractivity (Wildman–Crippen MR) is 95.7 cm³/mol. The number of esters is 1. The molecule has 0 spiro atoms. The van der Waals surface area contributed by atoms with Crippen LogP contribution in [0.1, 0.15) is 28.7 Å². The van der Waals surface area contributed by atoms with E-state index in [9.17, 15) is 18.8 Å². The maximum absolute atomic E-state index is 12.9. The van der Waals surface area contributed by atoms with Crippen molar-refractivity contribution in [3.8, 4) is 0 Å². The van der Waals surface area contributed by atoms with Gasteiger partial charge in [0.25, 0.3) is 5.91 Å². The average molecular weight is 395 g/mol. The summed E-state index contributed by atoms with van der Waals surface area (Å²) in [7, 11) is 0. The van der Waals surface area contributed by atoms with Crippen molar-refractivity contribution >= 4 is 34.9 Å². The molecule has 0 aliphatic heterocycles. The number of benzene rings is 1. The van der Waals surface area contributed by atoms with E-state index in [2.05, 4.69) is 26.1 Å². The number of aromatic nitrogens is 2. The maximum atomic E-state index is 12.9. The molecule has 2 aromatic rings. The second kappa shape index (κ2) is 9.57. The summed E-state index contributed by atoms with van der Waals surface area (Å²) in [6.07, 6.45) is 0. The highest BCUT2D eigenvalue weighted by atomic mass is 32.1. The minimum atomic E-state index is -0.795. The molecule has 1 atom stereocenters. The molecule has 11 heteroatoms. The fourth-order valence-electron chi connectivity index (χ4n) is 1.86. The van der Waals surface area contributed by atoms with Gasteiger partial charge >= 0.3 is 12.0 Å². The molecular formula is C16H18FN5O4S. The number of hydrogen-bond donors (Lipinski definition) is 3. The Kier molecular flexibility index (Phi) is 7.17. The third-order valence-corrected chi connectivity index (χ3v) is 4.07. The number of anilines is 1. The number of nitrogens with zero attached hydrogens (tertiary/aromatic N) is 2. The van der Waals surface area contributed by atoms with Gasteiger partial charge in [-0.3, -0.25) is 4.79 Å². The third kappa shape index (κ3) is 6.29. The second-order valence-corrected chi connectivity index (χ2v) is 6.32. The number of ether oxygens (including phenoxy) is 1. The van der Waals surface area contributed by atoms with Crippen LogP contribution in [0, 0.1) is 5.82 Å². The molecule has 0 saturated carbocycles. The van der Waals surface area contributed by atoms with Crippen LogP contribution >= 0.6 is 11.3 Å². The number of amides is 3. The van der Waals surface area contributed by atoms with E-state index in [0.29, 0.717) is 10.7 Å². The first-order valence-corrected chi connectivity index (χ1v) is 8.81. The van der Waals surface area contributed by atoms with E-state index in [-0.39, 0.29) is 18.2 Å². The Morgan fingerprint density at radius 1 is 1.22 bits per heavy atom. The molecule has 0 radical (unpaired) electrons. The quantitative estimate of drug-likeness (QED) is 0.613. The Labute approximate surface area is 158 Å². The lowest BCUT2D eigenvalue weighted by molar-refractivity contribution is -0.144. The summed E-state index contributed by atoms with van der Waals surface area (Å²) in [5.41, 5.74) is 0.420. The fourth-order valence-corrected chi connectivity index (χ4v) is 2.54. The summed E-state index contributed by atoms with van der Waals surface area (Å²) in [4.78, 5) is 35.3. The summed E-state index contributed by atoms with van der Waals surface area (Å²) in [6.45, 7) is 3.42. The minimum absolute atomic E-state index is 0.0306. The SMILES string of the molecule is CCOC(=O)[C@H](C)NC(=O)NCc1nnc(C(=O)Nc2ccc(F)cc2)s1. The van der Waals surface area contributed by atoms with Gasteiger partial charge in [-0.15, -0.1) is 10.2 Å². The third-order valence-electron chi connectivity index (χ3n) is 3.15. The number of urea groups is 1. The van der Waals surface area contributed by atoms with E-state index in [1.54, 1.807) is 6.92 Å². The first-order chi connectivity index (χ1) is 12.9. The molecule has 0 bridgehead atoms. The Balaban J connectivity index is 1.83. The topological polar surface area (TPSA) is 122 Å². The Bertz CT molecular complexity index is 811. The summed E-state index contributed by atoms with van der Waals surface area (Å²) in [5.74, 6) is -1.44. The molecule has 3 amide bonds. The summed E-state index contributed by atoms with van der Waals surface area (Å²) in [5, 5.41) is 15.6. The molecule has 27 heavy (non-hydrogen) atoms. The number of nitrogens with one attached hydrogen (secondary N) is 3. The molecule has 1 heterocycles. The number of rotatable bonds is 7. The second-order valence-electron chi connectivity index (χ2n) is 5.26. The van der Waals surface area contributed by atoms with Crippen molar-refractivity contribution in [2.45, 2.75) is 26.4 Å². The molecule has 2 rings (SSSR count). The zero-order valence-corrected chi connectivity index (χ0v) is 15.4. The molecular weight excluding hydrogens is 377 g/mol. The normalized spacial score (nSPS) is 11.4. The van der Waals surface area contributed by atoms with E-state index in [0.717, 1.165) is 11.3 Å². The number of carbonyl (C=O) groups is 3. The molecule has 1 aromatic heterocycles. The average Bonchev–Trinajstić information content (AvgIpc) is 3.11. The van der Waals surface area contributed by atoms with Crippen molar-refractivity contribution in [3.63, 3.8) is 0 Å². The Hall–Kier alpha value is -3.08. The van der Waals surface area contributed by atoms with E-state index < -0.39 is 29.8 Å². The van der Waals surface area contributed by atoms with Crippen LogP contribution in [0.25, 0.3) is 0 Å². The van der Waals surface area contributed by atoms with Gasteiger partial charge in [0.1, 0.15) is 16.9 Å². The maximum Gasteiger partial charge on any atom is 0.328 e. The Morgan fingerprint density at radius 3 is 2.59 bits per heavy atom. The summed E-state index contributed by atoms with van der Waals surface area (Å²) in [6, 6.07) is 3.92. The van der Waals surface area contributed by atoms with Crippen molar-refractivity contribution in [2.24, 2.45) is 0 Å². The van der Waals surface area contributed by atoms with Crippen LogP contribution in [0.4, 0.5) is 14.9 Å². The van der Waals surface area contributed by atoms with Crippen molar-refractivity contribution in [1.29, 1.82) is 0 Å². The molecule has 0 unspecified atom stereocenters. The van der Waals surface area contributed by atoms with Gasteiger partial charge in [-0.25, -0.2) is 14.0 Å². The molecule has 9 nitrogen and oxygen atoms in total. The zero-order chi connectivity index (χ0) is 19.8. The molecule has 0 aliphatic rings. The summed E-state index contributed by atoms with van der Waals surface area (Å²) >= 11 is 0.996. The largest absolute Gasteiger partial charge is 0.464 e. The highest BCUT2D eigenvalue weighted by Gasteiger charge is 2.17. The Morgan fingerprint density at radius 2 is 1.93 bits per heavy atom. The minimum Gasteiger partial charge on any atom is -0.464 e. The zero-order valence-electron chi connectivity index (χ0n) is 14.6. The molecule has 144 valence electrons. The van der Waals surface area contributed by atoms with Crippen LogP contribution in [0.2, 0.25) is 0 Å². The lowest BCUT2D eigenvalue weighted by atomic mass is 10.3. The lowest BCUT2D eigenvalue weighted by Gasteiger charge is -2.12. The molecule has 0 fully saturated rings. The van der Waals surface area contributed by atoms with Crippen LogP contribution in [0.15, 0.2) is 24.3 Å². The smallest absolute Gasteiger partial charge is 0.328 e. The molecule has 0 aliphatic carbocycles. The van der Waals surface area contributed by atoms with E-state index in [4.69, 9.17) is 4.74 Å². The van der Waals surface area contributed by atoms with E-state index in [1.165, 1.54) is 31.2 Å². The van der Waals surface area contributed by atoms with Gasteiger partial charge in [-0.2, -0.15) is 0 Å². The predicted octanol–water partition coefficient (Wildman–Crippen LogP) is 1.68. The van der Waals surface area contributed by atoms with Gasteiger partial charge < -0.3 is 20.7 Å². The monoisotopic (exact) mass is 395 g/mol. The highest BCUT2D eigenvalue weighted by molar-refractivity contribution is 7.13.